The van der Waals surface area contributed by atoms with Crippen LogP contribution in [0.5, 0.6) is 0 Å². The fourth-order valence-corrected chi connectivity index (χ4v) is 1.43. The van der Waals surface area contributed by atoms with Gasteiger partial charge < -0.3 is 5.11 Å². The molecular formula is C12H12N2O. The van der Waals surface area contributed by atoms with Crippen molar-refractivity contribution in [2.24, 2.45) is 0 Å². The zero-order valence-electron chi connectivity index (χ0n) is 8.24. The van der Waals surface area contributed by atoms with Gasteiger partial charge in [-0.15, -0.1) is 0 Å². The quantitative estimate of drug-likeness (QED) is 0.821. The normalized spacial score (nSPS) is 12.3. The van der Waals surface area contributed by atoms with E-state index in [-0.39, 0.29) is 0 Å². The number of aromatic nitrogens is 2. The third-order valence-corrected chi connectivity index (χ3v) is 2.25. The molecule has 2 aromatic rings. The minimum absolute atomic E-state index is 0.499. The van der Waals surface area contributed by atoms with Gasteiger partial charge >= 0.3 is 0 Å². The van der Waals surface area contributed by atoms with Gasteiger partial charge in [0, 0.05) is 31.2 Å². The van der Waals surface area contributed by atoms with Crippen molar-refractivity contribution in [2.75, 3.05) is 0 Å². The minimum atomic E-state index is -0.499. The molecule has 2 aromatic heterocycles. The number of aliphatic hydroxyl groups excluding tert-OH is 1. The van der Waals surface area contributed by atoms with E-state index in [0.29, 0.717) is 6.42 Å². The fourth-order valence-electron chi connectivity index (χ4n) is 1.43. The molecule has 0 fully saturated rings. The van der Waals surface area contributed by atoms with Gasteiger partial charge in [-0.05, 0) is 29.3 Å². The van der Waals surface area contributed by atoms with Gasteiger partial charge in [-0.3, -0.25) is 9.97 Å². The Labute approximate surface area is 88.5 Å². The molecule has 2 heterocycles. The van der Waals surface area contributed by atoms with Crippen LogP contribution in [0.4, 0.5) is 0 Å². The molecule has 1 N–H and O–H groups in total. The van der Waals surface area contributed by atoms with E-state index in [1.165, 1.54) is 0 Å². The Hall–Kier alpha value is -1.74. The molecule has 0 aliphatic carbocycles. The van der Waals surface area contributed by atoms with Crippen LogP contribution in [0.1, 0.15) is 17.2 Å². The van der Waals surface area contributed by atoms with Crippen molar-refractivity contribution >= 4 is 0 Å². The Morgan fingerprint density at radius 3 is 2.53 bits per heavy atom. The number of nitrogens with zero attached hydrogens (tertiary/aromatic N) is 2. The molecule has 2 rings (SSSR count). The molecule has 0 bridgehead atoms. The first kappa shape index (κ1) is 9.80. The Kier molecular flexibility index (Phi) is 3.05. The molecule has 76 valence electrons. The molecule has 0 saturated heterocycles. The summed E-state index contributed by atoms with van der Waals surface area (Å²) in [4.78, 5) is 7.91. The van der Waals surface area contributed by atoms with Gasteiger partial charge in [-0.1, -0.05) is 6.07 Å². The molecule has 3 nitrogen and oxygen atoms in total. The van der Waals surface area contributed by atoms with E-state index in [2.05, 4.69) is 9.97 Å². The number of hydrogen-bond donors (Lipinski definition) is 1. The first-order chi connectivity index (χ1) is 7.36. The molecule has 0 spiro atoms. The monoisotopic (exact) mass is 200 g/mol. The van der Waals surface area contributed by atoms with Crippen LogP contribution in [0, 0.1) is 0 Å². The van der Waals surface area contributed by atoms with Gasteiger partial charge in [-0.25, -0.2) is 0 Å². The summed E-state index contributed by atoms with van der Waals surface area (Å²) in [5, 5.41) is 9.91. The van der Waals surface area contributed by atoms with Crippen LogP contribution in [-0.4, -0.2) is 15.1 Å². The molecule has 0 saturated carbocycles. The highest BCUT2D eigenvalue weighted by molar-refractivity contribution is 5.17. The van der Waals surface area contributed by atoms with Crippen molar-refractivity contribution in [2.45, 2.75) is 12.5 Å². The summed E-state index contributed by atoms with van der Waals surface area (Å²) in [6.07, 6.45) is 6.93. The van der Waals surface area contributed by atoms with Crippen LogP contribution in [0.25, 0.3) is 0 Å². The zero-order valence-corrected chi connectivity index (χ0v) is 8.24. The van der Waals surface area contributed by atoms with E-state index in [9.17, 15) is 5.11 Å². The highest BCUT2D eigenvalue weighted by atomic mass is 16.3. The van der Waals surface area contributed by atoms with Crippen molar-refractivity contribution in [3.8, 4) is 0 Å². The predicted molar refractivity (Wildman–Crippen MR) is 57.1 cm³/mol. The van der Waals surface area contributed by atoms with Crippen LogP contribution in [0.15, 0.2) is 49.1 Å². The molecule has 3 heteroatoms. The maximum Gasteiger partial charge on any atom is 0.0845 e. The van der Waals surface area contributed by atoms with Gasteiger partial charge in [0.1, 0.15) is 0 Å². The van der Waals surface area contributed by atoms with E-state index in [4.69, 9.17) is 0 Å². The van der Waals surface area contributed by atoms with E-state index in [0.717, 1.165) is 11.1 Å². The first-order valence-corrected chi connectivity index (χ1v) is 4.83. The highest BCUT2D eigenvalue weighted by Gasteiger charge is 2.07. The molecule has 0 amide bonds. The summed E-state index contributed by atoms with van der Waals surface area (Å²) in [6.45, 7) is 0. The molecular weight excluding hydrogens is 188 g/mol. The smallest absolute Gasteiger partial charge is 0.0845 e. The maximum atomic E-state index is 9.91. The van der Waals surface area contributed by atoms with Crippen LogP contribution in [0.3, 0.4) is 0 Å². The lowest BCUT2D eigenvalue weighted by Gasteiger charge is -2.09. The van der Waals surface area contributed by atoms with Gasteiger partial charge in [0.25, 0.3) is 0 Å². The molecule has 0 aromatic carbocycles. The SMILES string of the molecule is OC(Cc1ccncc1)c1cccnc1. The summed E-state index contributed by atoms with van der Waals surface area (Å²) >= 11 is 0. The summed E-state index contributed by atoms with van der Waals surface area (Å²) in [6, 6.07) is 7.50. The Bertz CT molecular complexity index is 402. The average molecular weight is 200 g/mol. The van der Waals surface area contributed by atoms with Gasteiger partial charge in [0.2, 0.25) is 0 Å². The van der Waals surface area contributed by atoms with E-state index >= 15 is 0 Å². The van der Waals surface area contributed by atoms with Crippen LogP contribution < -0.4 is 0 Å². The van der Waals surface area contributed by atoms with E-state index in [1.54, 1.807) is 24.8 Å². The van der Waals surface area contributed by atoms with Crippen molar-refractivity contribution in [3.05, 3.63) is 60.2 Å². The first-order valence-electron chi connectivity index (χ1n) is 4.83. The number of hydrogen-bond acceptors (Lipinski definition) is 3. The molecule has 0 aliphatic heterocycles. The number of aliphatic hydroxyl groups is 1. The lowest BCUT2D eigenvalue weighted by Crippen LogP contribution is -2.01. The van der Waals surface area contributed by atoms with Crippen molar-refractivity contribution in [3.63, 3.8) is 0 Å². The molecule has 1 unspecified atom stereocenters. The molecule has 0 radical (unpaired) electrons. The second kappa shape index (κ2) is 4.66. The van der Waals surface area contributed by atoms with Crippen LogP contribution in [0.2, 0.25) is 0 Å². The standard InChI is InChI=1S/C12H12N2O/c15-12(11-2-1-5-14-9-11)8-10-3-6-13-7-4-10/h1-7,9,12,15H,8H2. The van der Waals surface area contributed by atoms with Crippen LogP contribution in [-0.2, 0) is 6.42 Å². The third-order valence-electron chi connectivity index (χ3n) is 2.25. The lowest BCUT2D eigenvalue weighted by molar-refractivity contribution is 0.178. The molecule has 15 heavy (non-hydrogen) atoms. The van der Waals surface area contributed by atoms with Crippen molar-refractivity contribution in [1.82, 2.24) is 9.97 Å². The van der Waals surface area contributed by atoms with E-state index in [1.807, 2.05) is 24.3 Å². The van der Waals surface area contributed by atoms with Gasteiger partial charge in [-0.2, -0.15) is 0 Å². The molecule has 1 atom stereocenters. The lowest BCUT2D eigenvalue weighted by atomic mass is 10.0. The van der Waals surface area contributed by atoms with Gasteiger partial charge in [0.05, 0.1) is 6.10 Å². The largest absolute Gasteiger partial charge is 0.388 e. The Balaban J connectivity index is 2.08. The van der Waals surface area contributed by atoms with E-state index < -0.39 is 6.10 Å². The van der Waals surface area contributed by atoms with Crippen molar-refractivity contribution in [1.29, 1.82) is 0 Å². The maximum absolute atomic E-state index is 9.91. The number of rotatable bonds is 3. The van der Waals surface area contributed by atoms with Crippen LogP contribution >= 0.6 is 0 Å². The van der Waals surface area contributed by atoms with Gasteiger partial charge in [0.15, 0.2) is 0 Å². The summed E-state index contributed by atoms with van der Waals surface area (Å²) in [7, 11) is 0. The topological polar surface area (TPSA) is 46.0 Å². The molecule has 0 aliphatic rings. The van der Waals surface area contributed by atoms with Crippen molar-refractivity contribution < 1.29 is 5.11 Å². The Morgan fingerprint density at radius 2 is 1.87 bits per heavy atom. The minimum Gasteiger partial charge on any atom is -0.388 e. The summed E-state index contributed by atoms with van der Waals surface area (Å²) in [5.74, 6) is 0. The highest BCUT2D eigenvalue weighted by Crippen LogP contribution is 2.16. The Morgan fingerprint density at radius 1 is 1.07 bits per heavy atom. The third kappa shape index (κ3) is 2.60. The summed E-state index contributed by atoms with van der Waals surface area (Å²) < 4.78 is 0. The zero-order chi connectivity index (χ0) is 10.5. The second-order valence-electron chi connectivity index (χ2n) is 3.36. The average Bonchev–Trinajstić information content (AvgIpc) is 2.31. The fraction of sp³-hybridized carbons (Fsp3) is 0.167. The number of pyridine rings is 2. The summed E-state index contributed by atoms with van der Waals surface area (Å²) in [5.41, 5.74) is 1.91. The second-order valence-corrected chi connectivity index (χ2v) is 3.36. The predicted octanol–water partition coefficient (Wildman–Crippen LogP) is 1.75.